The second kappa shape index (κ2) is 9.78. The fraction of sp³-hybridized carbons (Fsp3) is 0.304. The second-order valence-electron chi connectivity index (χ2n) is 7.51. The first-order valence-electron chi connectivity index (χ1n) is 10.2. The molecular weight excluding hydrogens is 459 g/mol. The van der Waals surface area contributed by atoms with Crippen LogP contribution in [0.1, 0.15) is 41.6 Å². The van der Waals surface area contributed by atoms with E-state index in [-0.39, 0.29) is 28.5 Å². The fourth-order valence-electron chi connectivity index (χ4n) is 3.48. The summed E-state index contributed by atoms with van der Waals surface area (Å²) in [5.74, 6) is -1.03. The molecule has 0 heterocycles. The number of esters is 1. The molecule has 1 saturated carbocycles. The van der Waals surface area contributed by atoms with Crippen molar-refractivity contribution in [2.24, 2.45) is 0 Å². The number of ether oxygens (including phenoxy) is 1. The van der Waals surface area contributed by atoms with Crippen LogP contribution in [-0.2, 0) is 25.7 Å². The maximum absolute atomic E-state index is 13.3. The highest BCUT2D eigenvalue weighted by atomic mass is 32.2. The third kappa shape index (κ3) is 5.62. The van der Waals surface area contributed by atoms with Gasteiger partial charge in [-0.25, -0.2) is 13.2 Å². The van der Waals surface area contributed by atoms with E-state index in [2.05, 4.69) is 6.58 Å². The summed E-state index contributed by atoms with van der Waals surface area (Å²) in [6.07, 6.45) is -2.08. The molecule has 2 aromatic carbocycles. The Labute approximate surface area is 189 Å². The molecule has 1 aliphatic carbocycles. The van der Waals surface area contributed by atoms with Crippen LogP contribution in [0.2, 0.25) is 0 Å². The zero-order chi connectivity index (χ0) is 24.2. The van der Waals surface area contributed by atoms with E-state index in [1.165, 1.54) is 30.3 Å². The first kappa shape index (κ1) is 24.5. The molecule has 0 amide bonds. The molecule has 0 aliphatic heterocycles. The zero-order valence-corrected chi connectivity index (χ0v) is 18.4. The van der Waals surface area contributed by atoms with E-state index in [4.69, 9.17) is 4.74 Å². The number of rotatable bonds is 7. The lowest BCUT2D eigenvalue weighted by Gasteiger charge is -2.24. The monoisotopic (exact) mass is 481 g/mol. The van der Waals surface area contributed by atoms with Gasteiger partial charge in [0.25, 0.3) is 10.0 Å². The van der Waals surface area contributed by atoms with Crippen molar-refractivity contribution in [1.29, 1.82) is 0 Å². The highest BCUT2D eigenvalue weighted by Crippen LogP contribution is 2.33. The van der Waals surface area contributed by atoms with Gasteiger partial charge < -0.3 is 4.74 Å². The average molecular weight is 481 g/mol. The summed E-state index contributed by atoms with van der Waals surface area (Å²) >= 11 is 0. The van der Waals surface area contributed by atoms with Gasteiger partial charge in [0, 0.05) is 6.42 Å². The largest absolute Gasteiger partial charge is 0.451 e. The summed E-state index contributed by atoms with van der Waals surface area (Å²) in [7, 11) is -4.36. The molecule has 2 aromatic rings. The Morgan fingerprint density at radius 1 is 1.15 bits per heavy atom. The molecule has 0 saturated heterocycles. The van der Waals surface area contributed by atoms with Gasteiger partial charge in [-0.15, -0.1) is 6.58 Å². The van der Waals surface area contributed by atoms with Gasteiger partial charge in [0.15, 0.2) is 11.9 Å². The number of carbonyl (C=O) groups excluding carboxylic acids is 2. The minimum Gasteiger partial charge on any atom is -0.451 e. The number of hydrogen-bond acceptors (Lipinski definition) is 5. The van der Waals surface area contributed by atoms with Crippen molar-refractivity contribution in [3.05, 3.63) is 72.3 Å². The quantitative estimate of drug-likeness (QED) is 0.421. The Morgan fingerprint density at radius 2 is 1.88 bits per heavy atom. The number of carbonyl (C=O) groups is 2. The van der Waals surface area contributed by atoms with Crippen LogP contribution in [0.4, 0.5) is 18.9 Å². The minimum absolute atomic E-state index is 0.0861. The molecule has 0 unspecified atom stereocenters. The topological polar surface area (TPSA) is 80.8 Å². The van der Waals surface area contributed by atoms with Crippen molar-refractivity contribution in [3.63, 3.8) is 0 Å². The van der Waals surface area contributed by atoms with E-state index < -0.39 is 33.8 Å². The molecule has 0 radical (unpaired) electrons. The number of alkyl halides is 3. The van der Waals surface area contributed by atoms with Gasteiger partial charge in [-0.2, -0.15) is 13.2 Å². The van der Waals surface area contributed by atoms with Crippen LogP contribution >= 0.6 is 0 Å². The molecule has 3 rings (SSSR count). The average Bonchev–Trinajstić information content (AvgIpc) is 2.78. The normalized spacial score (nSPS) is 16.8. The number of benzene rings is 2. The van der Waals surface area contributed by atoms with E-state index >= 15 is 0 Å². The second-order valence-corrected chi connectivity index (χ2v) is 9.37. The SMILES string of the molecule is C=CCN(c1cccc(C(F)(F)F)c1)S(=O)(=O)c1cccc(C(=O)O[C@H]2CCCCC2=O)c1. The molecule has 6 nitrogen and oxygen atoms in total. The summed E-state index contributed by atoms with van der Waals surface area (Å²) in [6.45, 7) is 3.19. The van der Waals surface area contributed by atoms with Crippen LogP contribution in [0, 0.1) is 0 Å². The number of nitrogens with zero attached hydrogens (tertiary/aromatic N) is 1. The van der Waals surface area contributed by atoms with E-state index in [0.29, 0.717) is 12.8 Å². The van der Waals surface area contributed by atoms with Crippen molar-refractivity contribution >= 4 is 27.5 Å². The maximum Gasteiger partial charge on any atom is 0.416 e. The molecular formula is C23H22F3NO5S. The predicted molar refractivity (Wildman–Crippen MR) is 115 cm³/mol. The van der Waals surface area contributed by atoms with Gasteiger partial charge in [0.05, 0.1) is 28.3 Å². The first-order valence-corrected chi connectivity index (χ1v) is 11.6. The lowest BCUT2D eigenvalue weighted by molar-refractivity contribution is -0.137. The van der Waals surface area contributed by atoms with Crippen molar-refractivity contribution in [1.82, 2.24) is 0 Å². The Morgan fingerprint density at radius 3 is 2.55 bits per heavy atom. The molecule has 1 aliphatic rings. The molecule has 176 valence electrons. The first-order chi connectivity index (χ1) is 15.5. The Kier molecular flexibility index (Phi) is 7.26. The number of sulfonamides is 1. The van der Waals surface area contributed by atoms with Gasteiger partial charge in [0.1, 0.15) is 0 Å². The molecule has 1 fully saturated rings. The standard InChI is InChI=1S/C23H22F3NO5S/c1-2-13-27(18-9-6-8-17(15-18)23(24,25)26)33(30,31)19-10-5-7-16(14-19)22(29)32-21-12-4-3-11-20(21)28/h2,5-10,14-15,21H,1,3-4,11-13H2/t21-/m0/s1. The number of Topliss-reactive ketones (excluding diaryl/α,β-unsaturated/α-hetero) is 1. The van der Waals surface area contributed by atoms with Crippen molar-refractivity contribution < 1.29 is 35.9 Å². The lowest BCUT2D eigenvalue weighted by Crippen LogP contribution is -2.32. The lowest BCUT2D eigenvalue weighted by atomic mass is 9.96. The van der Waals surface area contributed by atoms with E-state index in [1.807, 2.05) is 0 Å². The molecule has 0 aromatic heterocycles. The van der Waals surface area contributed by atoms with Gasteiger partial charge in [-0.05, 0) is 55.7 Å². The van der Waals surface area contributed by atoms with Gasteiger partial charge in [0.2, 0.25) is 0 Å². The molecule has 0 bridgehead atoms. The highest BCUT2D eigenvalue weighted by Gasteiger charge is 2.33. The van der Waals surface area contributed by atoms with Crippen LogP contribution in [0.25, 0.3) is 0 Å². The third-order valence-electron chi connectivity index (χ3n) is 5.16. The Balaban J connectivity index is 1.93. The predicted octanol–water partition coefficient (Wildman–Crippen LogP) is 4.76. The summed E-state index contributed by atoms with van der Waals surface area (Å²) < 4.78 is 72.0. The van der Waals surface area contributed by atoms with Crippen LogP contribution in [0.15, 0.2) is 66.1 Å². The molecule has 0 N–H and O–H groups in total. The number of hydrogen-bond donors (Lipinski definition) is 0. The van der Waals surface area contributed by atoms with Gasteiger partial charge >= 0.3 is 12.1 Å². The Hall–Kier alpha value is -3.14. The number of halogens is 3. The third-order valence-corrected chi connectivity index (χ3v) is 6.95. The molecule has 33 heavy (non-hydrogen) atoms. The maximum atomic E-state index is 13.3. The zero-order valence-electron chi connectivity index (χ0n) is 17.5. The van der Waals surface area contributed by atoms with Gasteiger partial charge in [-0.3, -0.25) is 9.10 Å². The number of anilines is 1. The molecule has 1 atom stereocenters. The fourth-order valence-corrected chi connectivity index (χ4v) is 4.95. The number of ketones is 1. The van der Waals surface area contributed by atoms with Crippen LogP contribution in [0.3, 0.4) is 0 Å². The smallest absolute Gasteiger partial charge is 0.416 e. The minimum atomic E-state index is -4.65. The van der Waals surface area contributed by atoms with Crippen molar-refractivity contribution in [2.45, 2.75) is 42.9 Å². The summed E-state index contributed by atoms with van der Waals surface area (Å²) in [5.41, 5.74) is -1.29. The van der Waals surface area contributed by atoms with Crippen molar-refractivity contribution in [3.8, 4) is 0 Å². The van der Waals surface area contributed by atoms with E-state index in [9.17, 15) is 31.2 Å². The summed E-state index contributed by atoms with van der Waals surface area (Å²) in [6, 6.07) is 8.89. The van der Waals surface area contributed by atoms with Gasteiger partial charge in [-0.1, -0.05) is 18.2 Å². The van der Waals surface area contributed by atoms with E-state index in [1.54, 1.807) is 0 Å². The Bertz CT molecular complexity index is 1160. The van der Waals surface area contributed by atoms with Crippen LogP contribution in [-0.4, -0.2) is 32.8 Å². The van der Waals surface area contributed by atoms with Crippen molar-refractivity contribution in [2.75, 3.05) is 10.8 Å². The van der Waals surface area contributed by atoms with Crippen LogP contribution in [0.5, 0.6) is 0 Å². The van der Waals surface area contributed by atoms with E-state index in [0.717, 1.165) is 41.4 Å². The summed E-state index contributed by atoms with van der Waals surface area (Å²) in [4.78, 5) is 24.2. The highest BCUT2D eigenvalue weighted by molar-refractivity contribution is 7.92. The van der Waals surface area contributed by atoms with Crippen LogP contribution < -0.4 is 4.31 Å². The molecule has 0 spiro atoms. The summed E-state index contributed by atoms with van der Waals surface area (Å²) in [5, 5.41) is 0. The molecule has 10 heteroatoms.